The number of thiazole rings is 1. The predicted octanol–water partition coefficient (Wildman–Crippen LogP) is 2.77. The second-order valence-corrected chi connectivity index (χ2v) is 7.35. The number of carbonyl (C=O) groups excluding carboxylic acids is 1. The molecule has 6 nitrogen and oxygen atoms in total. The average Bonchev–Trinajstić information content (AvgIpc) is 3.25. The minimum absolute atomic E-state index is 0.0641. The van der Waals surface area contributed by atoms with E-state index in [1.165, 1.54) is 10.5 Å². The van der Waals surface area contributed by atoms with E-state index >= 15 is 0 Å². The maximum absolute atomic E-state index is 12.8. The Morgan fingerprint density at radius 1 is 1.38 bits per heavy atom. The highest BCUT2D eigenvalue weighted by atomic mass is 32.1. The van der Waals surface area contributed by atoms with E-state index in [0.717, 1.165) is 37.4 Å². The molecule has 0 N–H and O–H groups in total. The van der Waals surface area contributed by atoms with Crippen molar-refractivity contribution in [3.05, 3.63) is 40.5 Å². The second kappa shape index (κ2) is 5.73. The number of nitrogens with zero attached hydrogens (tertiary/aromatic N) is 5. The molecule has 7 heteroatoms. The average molecular weight is 343 g/mol. The van der Waals surface area contributed by atoms with Crippen LogP contribution in [-0.2, 0) is 7.05 Å². The zero-order chi connectivity index (χ0) is 16.8. The number of likely N-dealkylation sites (tertiary alicyclic amines) is 1. The van der Waals surface area contributed by atoms with Crippen LogP contribution in [0.25, 0.3) is 4.83 Å². The van der Waals surface area contributed by atoms with Crippen molar-refractivity contribution in [1.29, 1.82) is 0 Å². The summed E-state index contributed by atoms with van der Waals surface area (Å²) in [6, 6.07) is 1.79. The Hall–Kier alpha value is -2.15. The van der Waals surface area contributed by atoms with E-state index in [9.17, 15) is 4.79 Å². The zero-order valence-electron chi connectivity index (χ0n) is 14.2. The summed E-state index contributed by atoms with van der Waals surface area (Å²) in [7, 11) is 1.81. The van der Waals surface area contributed by atoms with E-state index in [1.54, 1.807) is 28.3 Å². The van der Waals surface area contributed by atoms with Gasteiger partial charge in [0.2, 0.25) is 0 Å². The number of fused-ring (bicyclic) bond motifs is 1. The second-order valence-electron chi connectivity index (χ2n) is 6.49. The van der Waals surface area contributed by atoms with Gasteiger partial charge in [0.25, 0.3) is 5.91 Å². The lowest BCUT2D eigenvalue weighted by Gasteiger charge is -2.32. The van der Waals surface area contributed by atoms with Crippen LogP contribution in [0.2, 0.25) is 0 Å². The molecule has 1 atom stereocenters. The molecular weight excluding hydrogens is 322 g/mol. The smallest absolute Gasteiger partial charge is 0.272 e. The SMILES string of the molecule is Cc1csc2c([C@@H]3CCCN(C(=O)c4ccnn4C)C3)nc(C)n12. The molecule has 0 saturated carbocycles. The van der Waals surface area contributed by atoms with Crippen LogP contribution in [0.3, 0.4) is 0 Å². The van der Waals surface area contributed by atoms with Crippen molar-refractivity contribution in [2.45, 2.75) is 32.6 Å². The number of carbonyl (C=O) groups is 1. The standard InChI is InChI=1S/C17H21N5OS/c1-11-10-24-17-15(19-12(2)22(11)17)13-5-4-8-21(9-13)16(23)14-6-7-18-20(14)3/h6-7,10,13H,4-5,8-9H2,1-3H3/t13-/m1/s1. The lowest BCUT2D eigenvalue weighted by atomic mass is 9.95. The number of hydrogen-bond donors (Lipinski definition) is 0. The van der Waals surface area contributed by atoms with Crippen LogP contribution < -0.4 is 0 Å². The third-order valence-corrected chi connectivity index (χ3v) is 5.93. The number of aromatic nitrogens is 4. The van der Waals surface area contributed by atoms with E-state index in [-0.39, 0.29) is 5.91 Å². The first-order chi connectivity index (χ1) is 11.6. The molecule has 126 valence electrons. The first kappa shape index (κ1) is 15.4. The maximum Gasteiger partial charge on any atom is 0.272 e. The van der Waals surface area contributed by atoms with Gasteiger partial charge in [0.05, 0.1) is 5.69 Å². The number of imidazole rings is 1. The molecule has 3 aromatic heterocycles. The van der Waals surface area contributed by atoms with Gasteiger partial charge in [0.1, 0.15) is 16.3 Å². The lowest BCUT2D eigenvalue weighted by molar-refractivity contribution is 0.0695. The molecule has 3 aromatic rings. The van der Waals surface area contributed by atoms with Crippen molar-refractivity contribution < 1.29 is 4.79 Å². The molecular formula is C17H21N5OS. The molecule has 0 radical (unpaired) electrons. The van der Waals surface area contributed by atoms with Gasteiger partial charge in [0, 0.05) is 43.3 Å². The molecule has 1 saturated heterocycles. The van der Waals surface area contributed by atoms with E-state index in [2.05, 4.69) is 28.7 Å². The number of hydrogen-bond acceptors (Lipinski definition) is 4. The Kier molecular flexibility index (Phi) is 3.68. The van der Waals surface area contributed by atoms with Gasteiger partial charge in [-0.2, -0.15) is 5.10 Å². The Morgan fingerprint density at radius 2 is 2.21 bits per heavy atom. The maximum atomic E-state index is 12.8. The van der Waals surface area contributed by atoms with Gasteiger partial charge in [-0.25, -0.2) is 4.98 Å². The molecule has 0 spiro atoms. The number of amides is 1. The fourth-order valence-corrected chi connectivity index (χ4v) is 4.75. The highest BCUT2D eigenvalue weighted by Crippen LogP contribution is 2.33. The summed E-state index contributed by atoms with van der Waals surface area (Å²) >= 11 is 1.75. The molecule has 4 heterocycles. The Balaban J connectivity index is 1.63. The van der Waals surface area contributed by atoms with Crippen molar-refractivity contribution in [3.63, 3.8) is 0 Å². The topological polar surface area (TPSA) is 55.4 Å². The normalized spacial score (nSPS) is 18.5. The molecule has 1 aliphatic rings. The summed E-state index contributed by atoms with van der Waals surface area (Å²) in [6.45, 7) is 5.70. The molecule has 1 aliphatic heterocycles. The predicted molar refractivity (Wildman–Crippen MR) is 93.6 cm³/mol. The van der Waals surface area contributed by atoms with Crippen molar-refractivity contribution in [1.82, 2.24) is 24.1 Å². The minimum Gasteiger partial charge on any atom is -0.337 e. The summed E-state index contributed by atoms with van der Waals surface area (Å²) in [5, 5.41) is 6.29. The van der Waals surface area contributed by atoms with Crippen molar-refractivity contribution in [3.8, 4) is 0 Å². The lowest BCUT2D eigenvalue weighted by Crippen LogP contribution is -2.40. The van der Waals surface area contributed by atoms with Crippen LogP contribution in [0, 0.1) is 13.8 Å². The van der Waals surface area contributed by atoms with Crippen LogP contribution in [0.15, 0.2) is 17.6 Å². The van der Waals surface area contributed by atoms with Crippen LogP contribution in [0.5, 0.6) is 0 Å². The third-order valence-electron chi connectivity index (χ3n) is 4.86. The molecule has 4 rings (SSSR count). The third kappa shape index (κ3) is 2.34. The fourth-order valence-electron chi connectivity index (χ4n) is 3.65. The van der Waals surface area contributed by atoms with E-state index < -0.39 is 0 Å². The van der Waals surface area contributed by atoms with E-state index in [0.29, 0.717) is 11.6 Å². The summed E-state index contributed by atoms with van der Waals surface area (Å²) in [4.78, 5) is 20.8. The molecule has 1 amide bonds. The molecule has 0 unspecified atom stereocenters. The van der Waals surface area contributed by atoms with Gasteiger partial charge in [0.15, 0.2) is 0 Å². The van der Waals surface area contributed by atoms with Crippen LogP contribution >= 0.6 is 11.3 Å². The molecule has 0 bridgehead atoms. The van der Waals surface area contributed by atoms with Crippen LogP contribution in [-0.4, -0.2) is 43.1 Å². The molecule has 1 fully saturated rings. The first-order valence-electron chi connectivity index (χ1n) is 8.26. The number of rotatable bonds is 2. The van der Waals surface area contributed by atoms with E-state index in [1.807, 2.05) is 11.9 Å². The Bertz CT molecular complexity index is 906. The zero-order valence-corrected chi connectivity index (χ0v) is 15.0. The summed E-state index contributed by atoms with van der Waals surface area (Å²) in [5.41, 5.74) is 3.02. The monoisotopic (exact) mass is 343 g/mol. The fraction of sp³-hybridized carbons (Fsp3) is 0.471. The van der Waals surface area contributed by atoms with Crippen LogP contribution in [0.4, 0.5) is 0 Å². The summed E-state index contributed by atoms with van der Waals surface area (Å²) < 4.78 is 3.87. The first-order valence-corrected chi connectivity index (χ1v) is 9.14. The molecule has 0 aromatic carbocycles. The minimum atomic E-state index is 0.0641. The Morgan fingerprint density at radius 3 is 2.96 bits per heavy atom. The van der Waals surface area contributed by atoms with Gasteiger partial charge in [-0.15, -0.1) is 11.3 Å². The highest BCUT2D eigenvalue weighted by molar-refractivity contribution is 7.15. The number of piperidine rings is 1. The van der Waals surface area contributed by atoms with Crippen molar-refractivity contribution >= 4 is 22.1 Å². The molecule has 0 aliphatic carbocycles. The van der Waals surface area contributed by atoms with Gasteiger partial charge in [-0.1, -0.05) is 0 Å². The largest absolute Gasteiger partial charge is 0.337 e. The quantitative estimate of drug-likeness (QED) is 0.719. The molecule has 24 heavy (non-hydrogen) atoms. The van der Waals surface area contributed by atoms with Crippen LogP contribution in [0.1, 0.15) is 46.5 Å². The van der Waals surface area contributed by atoms with Gasteiger partial charge < -0.3 is 4.90 Å². The van der Waals surface area contributed by atoms with Crippen molar-refractivity contribution in [2.75, 3.05) is 13.1 Å². The van der Waals surface area contributed by atoms with Gasteiger partial charge in [-0.05, 0) is 32.8 Å². The highest BCUT2D eigenvalue weighted by Gasteiger charge is 2.30. The summed E-state index contributed by atoms with van der Waals surface area (Å²) in [6.07, 6.45) is 3.76. The van der Waals surface area contributed by atoms with Gasteiger partial charge >= 0.3 is 0 Å². The van der Waals surface area contributed by atoms with Crippen molar-refractivity contribution in [2.24, 2.45) is 7.05 Å². The summed E-state index contributed by atoms with van der Waals surface area (Å²) in [5.74, 6) is 1.40. The number of aryl methyl sites for hydroxylation is 3. The van der Waals surface area contributed by atoms with Gasteiger partial charge in [-0.3, -0.25) is 13.9 Å². The van der Waals surface area contributed by atoms with E-state index in [4.69, 9.17) is 4.98 Å². The Labute approximate surface area is 144 Å².